The molecule has 0 spiro atoms. The van der Waals surface area contributed by atoms with Gasteiger partial charge >= 0.3 is 27.5 Å². The van der Waals surface area contributed by atoms with Crippen molar-refractivity contribution in [2.24, 2.45) is 17.3 Å². The maximum Gasteiger partial charge on any atom is 0.432 e. The zero-order valence-corrected chi connectivity index (χ0v) is 12.8. The van der Waals surface area contributed by atoms with Gasteiger partial charge in [0.1, 0.15) is 0 Å². The molecular formula is C13H13F5O5S. The lowest BCUT2D eigenvalue weighted by Gasteiger charge is -2.56. The lowest BCUT2D eigenvalue weighted by atomic mass is 9.48. The SMILES string of the molecule is O=C(OC(C(F)(F)F)C(F)(F)S(=O)(=O)O)C12CC=C3C(CC3C1)C2. The number of carbonyl (C=O) groups excluding carboxylic acids is 1. The van der Waals surface area contributed by atoms with Crippen LogP contribution in [0.15, 0.2) is 11.6 Å². The van der Waals surface area contributed by atoms with Gasteiger partial charge in [-0.15, -0.1) is 0 Å². The third-order valence-corrected chi connectivity index (χ3v) is 6.02. The maximum absolute atomic E-state index is 13.5. The number of carbonyl (C=O) groups is 1. The van der Waals surface area contributed by atoms with Crippen molar-refractivity contribution in [1.82, 2.24) is 0 Å². The van der Waals surface area contributed by atoms with Crippen LogP contribution in [0.5, 0.6) is 0 Å². The number of allylic oxidation sites excluding steroid dienone is 2. The van der Waals surface area contributed by atoms with E-state index in [1.54, 1.807) is 6.08 Å². The lowest BCUT2D eigenvalue weighted by Crippen LogP contribution is -2.56. The monoisotopic (exact) mass is 376 g/mol. The van der Waals surface area contributed by atoms with Gasteiger partial charge in [-0.3, -0.25) is 9.35 Å². The van der Waals surface area contributed by atoms with Crippen molar-refractivity contribution in [3.8, 4) is 0 Å². The Balaban J connectivity index is 1.87. The fraction of sp³-hybridized carbons (Fsp3) is 0.769. The maximum atomic E-state index is 13.5. The fourth-order valence-corrected chi connectivity index (χ4v) is 4.43. The van der Waals surface area contributed by atoms with E-state index >= 15 is 0 Å². The Morgan fingerprint density at radius 3 is 2.21 bits per heavy atom. The molecule has 11 heteroatoms. The van der Waals surface area contributed by atoms with E-state index in [9.17, 15) is 35.2 Å². The van der Waals surface area contributed by atoms with E-state index in [1.807, 2.05) is 0 Å². The molecule has 5 aliphatic carbocycles. The lowest BCUT2D eigenvalue weighted by molar-refractivity contribution is -0.264. The molecule has 0 saturated heterocycles. The van der Waals surface area contributed by atoms with Crippen LogP contribution < -0.4 is 0 Å². The van der Waals surface area contributed by atoms with E-state index in [2.05, 4.69) is 4.74 Å². The van der Waals surface area contributed by atoms with E-state index in [0.29, 0.717) is 0 Å². The number of ether oxygens (including phenoxy) is 1. The first kappa shape index (κ1) is 17.6. The van der Waals surface area contributed by atoms with Crippen molar-refractivity contribution in [1.29, 1.82) is 0 Å². The summed E-state index contributed by atoms with van der Waals surface area (Å²) in [7, 11) is -6.42. The van der Waals surface area contributed by atoms with Crippen LogP contribution in [0, 0.1) is 17.3 Å². The summed E-state index contributed by atoms with van der Waals surface area (Å²) < 4.78 is 99.1. The zero-order chi connectivity index (χ0) is 18.1. The molecule has 0 aromatic rings. The summed E-state index contributed by atoms with van der Waals surface area (Å²) in [4.78, 5) is 12.2. The van der Waals surface area contributed by atoms with Gasteiger partial charge in [0.05, 0.1) is 5.41 Å². The van der Waals surface area contributed by atoms with Crippen LogP contribution in [0.4, 0.5) is 22.0 Å². The number of fused-ring (bicyclic) bond motifs is 1. The first-order chi connectivity index (χ1) is 10.8. The van der Waals surface area contributed by atoms with Crippen LogP contribution in [0.25, 0.3) is 0 Å². The normalized spacial score (nSPS) is 33.5. The molecule has 3 unspecified atom stereocenters. The number of halogens is 5. The topological polar surface area (TPSA) is 80.7 Å². The van der Waals surface area contributed by atoms with Crippen LogP contribution in [-0.2, 0) is 19.6 Å². The summed E-state index contributed by atoms with van der Waals surface area (Å²) in [6.45, 7) is 0. The van der Waals surface area contributed by atoms with E-state index < -0.39 is 39.0 Å². The van der Waals surface area contributed by atoms with Crippen molar-refractivity contribution in [3.63, 3.8) is 0 Å². The molecule has 3 fully saturated rings. The molecule has 24 heavy (non-hydrogen) atoms. The summed E-state index contributed by atoms with van der Waals surface area (Å²) in [5.74, 6) is -1.43. The summed E-state index contributed by atoms with van der Waals surface area (Å²) in [6, 6.07) is 0. The third-order valence-electron chi connectivity index (χ3n) is 5.12. The highest BCUT2D eigenvalue weighted by Gasteiger charge is 2.67. The Labute approximate surface area is 133 Å². The van der Waals surface area contributed by atoms with Gasteiger partial charge in [-0.2, -0.15) is 30.4 Å². The standard InChI is InChI=1S/C13H13F5O5S/c14-12(15,16)9(13(17,18)24(20,21)22)23-10(19)11-2-1-8-6(4-11)3-7(8)5-11/h1,6-7,9H,2-5H2,(H,20,21,22). The molecule has 0 aromatic carbocycles. The van der Waals surface area contributed by atoms with E-state index in [4.69, 9.17) is 4.55 Å². The van der Waals surface area contributed by atoms with Crippen LogP contribution in [0.3, 0.4) is 0 Å². The molecule has 0 heterocycles. The van der Waals surface area contributed by atoms with Gasteiger partial charge in [0.25, 0.3) is 6.10 Å². The number of hydrogen-bond acceptors (Lipinski definition) is 4. The van der Waals surface area contributed by atoms with Gasteiger partial charge < -0.3 is 4.74 Å². The second-order valence-electron chi connectivity index (χ2n) is 6.59. The highest BCUT2D eigenvalue weighted by molar-refractivity contribution is 7.86. The summed E-state index contributed by atoms with van der Waals surface area (Å²) in [5, 5.41) is -5.69. The Bertz CT molecular complexity index is 697. The van der Waals surface area contributed by atoms with Crippen LogP contribution >= 0.6 is 0 Å². The van der Waals surface area contributed by atoms with Gasteiger partial charge in [0.2, 0.25) is 0 Å². The highest BCUT2D eigenvalue weighted by Crippen LogP contribution is 2.63. The average Bonchev–Trinajstić information content (AvgIpc) is 2.42. The molecular weight excluding hydrogens is 363 g/mol. The second-order valence-corrected chi connectivity index (χ2v) is 8.08. The van der Waals surface area contributed by atoms with E-state index in [0.717, 1.165) is 12.0 Å². The fourth-order valence-electron chi connectivity index (χ4n) is 3.97. The minimum absolute atomic E-state index is 0.0384. The molecule has 1 N–H and O–H groups in total. The quantitative estimate of drug-likeness (QED) is 0.353. The van der Waals surface area contributed by atoms with Crippen LogP contribution in [0.2, 0.25) is 0 Å². The summed E-state index contributed by atoms with van der Waals surface area (Å²) in [5.41, 5.74) is -0.200. The Kier molecular flexibility index (Phi) is 3.59. The van der Waals surface area contributed by atoms with Crippen molar-refractivity contribution < 1.29 is 44.5 Å². The Hall–Kier alpha value is -1.23. The van der Waals surface area contributed by atoms with Crippen LogP contribution in [-0.4, -0.2) is 36.5 Å². The van der Waals surface area contributed by atoms with Crippen LogP contribution in [0.1, 0.15) is 25.7 Å². The first-order valence-electron chi connectivity index (χ1n) is 7.10. The average molecular weight is 376 g/mol. The third kappa shape index (κ3) is 2.43. The minimum Gasteiger partial charge on any atom is -0.444 e. The number of rotatable bonds is 4. The molecule has 4 bridgehead atoms. The summed E-state index contributed by atoms with van der Waals surface area (Å²) >= 11 is 0. The molecule has 0 aromatic heterocycles. The van der Waals surface area contributed by atoms with Gasteiger partial charge in [-0.25, -0.2) is 0 Å². The molecule has 5 nitrogen and oxygen atoms in total. The number of hydrogen-bond donors (Lipinski definition) is 1. The predicted molar refractivity (Wildman–Crippen MR) is 68.4 cm³/mol. The van der Waals surface area contributed by atoms with E-state index in [1.165, 1.54) is 0 Å². The smallest absolute Gasteiger partial charge is 0.432 e. The van der Waals surface area contributed by atoms with Crippen molar-refractivity contribution >= 4 is 16.1 Å². The summed E-state index contributed by atoms with van der Waals surface area (Å²) in [6.07, 6.45) is -7.12. The predicted octanol–water partition coefficient (Wildman–Crippen LogP) is 2.69. The zero-order valence-electron chi connectivity index (χ0n) is 12.0. The molecule has 0 aliphatic heterocycles. The molecule has 0 radical (unpaired) electrons. The van der Waals surface area contributed by atoms with Crippen molar-refractivity contribution in [3.05, 3.63) is 11.6 Å². The highest BCUT2D eigenvalue weighted by atomic mass is 32.2. The Morgan fingerprint density at radius 2 is 1.79 bits per heavy atom. The molecule has 136 valence electrons. The number of esters is 1. The van der Waals surface area contributed by atoms with Crippen molar-refractivity contribution in [2.75, 3.05) is 0 Å². The first-order valence-corrected chi connectivity index (χ1v) is 8.54. The molecule has 3 atom stereocenters. The molecule has 5 aliphatic rings. The van der Waals surface area contributed by atoms with Gasteiger partial charge in [-0.1, -0.05) is 11.6 Å². The second kappa shape index (κ2) is 4.90. The molecule has 3 saturated carbocycles. The van der Waals surface area contributed by atoms with Gasteiger partial charge in [0, 0.05) is 0 Å². The molecule has 5 rings (SSSR count). The Morgan fingerprint density at radius 1 is 1.25 bits per heavy atom. The van der Waals surface area contributed by atoms with Gasteiger partial charge in [-0.05, 0) is 37.5 Å². The van der Waals surface area contributed by atoms with Gasteiger partial charge in [0.15, 0.2) is 0 Å². The molecule has 0 amide bonds. The van der Waals surface area contributed by atoms with Crippen molar-refractivity contribution in [2.45, 2.75) is 43.2 Å². The van der Waals surface area contributed by atoms with E-state index in [-0.39, 0.29) is 31.1 Å². The minimum atomic E-state index is -6.42. The largest absolute Gasteiger partial charge is 0.444 e. The number of alkyl halides is 5.